The highest BCUT2D eigenvalue weighted by Crippen LogP contribution is 2.33. The molecule has 0 spiro atoms. The fraction of sp³-hybridized carbons (Fsp3) is 1.00. The lowest BCUT2D eigenvalue weighted by atomic mass is 9.72. The highest BCUT2D eigenvalue weighted by atomic mass is 14.3. The van der Waals surface area contributed by atoms with Crippen molar-refractivity contribution in [1.29, 1.82) is 0 Å². The Kier molecular flexibility index (Phi) is 14.5. The van der Waals surface area contributed by atoms with Crippen molar-refractivity contribution in [2.45, 2.75) is 69.2 Å². The van der Waals surface area contributed by atoms with Crippen LogP contribution in [0.3, 0.4) is 0 Å². The van der Waals surface area contributed by atoms with Gasteiger partial charge in [-0.2, -0.15) is 0 Å². The Morgan fingerprint density at radius 3 is 0.769 bits per heavy atom. The quantitative estimate of drug-likeness (QED) is 0.546. The molecule has 0 aromatic heterocycles. The number of hydrogen-bond donors (Lipinski definition) is 0. The molecule has 13 heavy (non-hydrogen) atoms. The van der Waals surface area contributed by atoms with Gasteiger partial charge in [-0.25, -0.2) is 0 Å². The van der Waals surface area contributed by atoms with Gasteiger partial charge in [-0.3, -0.25) is 0 Å². The monoisotopic (exact) mass is 188 g/mol. The Hall–Kier alpha value is 0. The van der Waals surface area contributed by atoms with Gasteiger partial charge in [0.1, 0.15) is 0 Å². The van der Waals surface area contributed by atoms with E-state index in [-0.39, 0.29) is 0 Å². The van der Waals surface area contributed by atoms with E-state index in [1.807, 2.05) is 27.7 Å². The maximum absolute atomic E-state index is 2.34. The van der Waals surface area contributed by atoms with E-state index in [4.69, 9.17) is 0 Å². The molecule has 0 heterocycles. The molecular formula is C13H32. The molecule has 0 bridgehead atoms. The van der Waals surface area contributed by atoms with Crippen molar-refractivity contribution >= 4 is 0 Å². The largest absolute Gasteiger partial charge is 0.0683 e. The third kappa shape index (κ3) is 8.33. The number of hydrogen-bond acceptors (Lipinski definition) is 0. The zero-order valence-electron chi connectivity index (χ0n) is 11.7. The molecule has 0 aromatic rings. The first-order valence-electron chi connectivity index (χ1n) is 5.89. The molecule has 0 saturated carbocycles. The van der Waals surface area contributed by atoms with Gasteiger partial charge in [-0.05, 0) is 17.3 Å². The molecule has 0 nitrogen and oxygen atoms in total. The summed E-state index contributed by atoms with van der Waals surface area (Å²) in [7, 11) is 0. The van der Waals surface area contributed by atoms with Gasteiger partial charge in [0.2, 0.25) is 0 Å². The summed E-state index contributed by atoms with van der Waals surface area (Å²) in [6, 6.07) is 0. The molecule has 0 aliphatic carbocycles. The minimum absolute atomic E-state index is 0.500. The first-order chi connectivity index (χ1) is 5.89. The summed E-state index contributed by atoms with van der Waals surface area (Å²) in [6.45, 7) is 21.8. The third-order valence-electron chi connectivity index (χ3n) is 2.98. The topological polar surface area (TPSA) is 0 Å². The third-order valence-corrected chi connectivity index (χ3v) is 2.98. The van der Waals surface area contributed by atoms with E-state index in [0.717, 1.165) is 11.8 Å². The van der Waals surface area contributed by atoms with Crippen molar-refractivity contribution < 1.29 is 0 Å². The average Bonchev–Trinajstić information content (AvgIpc) is 2.11. The summed E-state index contributed by atoms with van der Waals surface area (Å²) in [6.07, 6.45) is 0. The predicted octanol–water partition coefficient (Wildman–Crippen LogP) is 5.38. The predicted molar refractivity (Wildman–Crippen MR) is 66.2 cm³/mol. The maximum Gasteiger partial charge on any atom is -0.0308 e. The van der Waals surface area contributed by atoms with Crippen LogP contribution in [0.15, 0.2) is 0 Å². The Bertz CT molecular complexity index is 68.0. The van der Waals surface area contributed by atoms with Crippen molar-refractivity contribution in [3.63, 3.8) is 0 Å². The van der Waals surface area contributed by atoms with Gasteiger partial charge in [0.05, 0.1) is 0 Å². The second kappa shape index (κ2) is 10.1. The molecule has 0 heteroatoms. The Balaban J connectivity index is -0.000000218. The van der Waals surface area contributed by atoms with Gasteiger partial charge < -0.3 is 0 Å². The molecule has 0 aromatic carbocycles. The van der Waals surface area contributed by atoms with E-state index < -0.39 is 0 Å². The fourth-order valence-electron chi connectivity index (χ4n) is 0.667. The molecule has 0 aliphatic rings. The SMILES string of the molecule is CC.CC.CC(C)C(C)(C)C(C)C. The van der Waals surface area contributed by atoms with Gasteiger partial charge in [0.25, 0.3) is 0 Å². The second-order valence-electron chi connectivity index (χ2n) is 4.13. The molecule has 0 amide bonds. The molecule has 0 atom stereocenters. The lowest BCUT2D eigenvalue weighted by molar-refractivity contribution is 0.165. The molecule has 0 rings (SSSR count). The van der Waals surface area contributed by atoms with Crippen LogP contribution in [0.2, 0.25) is 0 Å². The van der Waals surface area contributed by atoms with Crippen LogP contribution in [0.4, 0.5) is 0 Å². The van der Waals surface area contributed by atoms with Gasteiger partial charge in [-0.15, -0.1) is 0 Å². The molecule has 0 N–H and O–H groups in total. The molecule has 84 valence electrons. The summed E-state index contributed by atoms with van der Waals surface area (Å²) in [4.78, 5) is 0. The van der Waals surface area contributed by atoms with Crippen LogP contribution >= 0.6 is 0 Å². The molecule has 0 unspecified atom stereocenters. The van der Waals surface area contributed by atoms with Crippen LogP contribution < -0.4 is 0 Å². The van der Waals surface area contributed by atoms with E-state index in [2.05, 4.69) is 41.5 Å². The van der Waals surface area contributed by atoms with E-state index in [9.17, 15) is 0 Å². The van der Waals surface area contributed by atoms with Gasteiger partial charge >= 0.3 is 0 Å². The number of rotatable bonds is 2. The average molecular weight is 188 g/mol. The minimum Gasteiger partial charge on any atom is -0.0683 e. The van der Waals surface area contributed by atoms with Crippen LogP contribution in [0, 0.1) is 17.3 Å². The summed E-state index contributed by atoms with van der Waals surface area (Å²) < 4.78 is 0. The second-order valence-corrected chi connectivity index (χ2v) is 4.13. The Morgan fingerprint density at radius 2 is 0.769 bits per heavy atom. The first-order valence-corrected chi connectivity index (χ1v) is 5.89. The zero-order chi connectivity index (χ0) is 11.7. The molecule has 0 aliphatic heterocycles. The van der Waals surface area contributed by atoms with Crippen LogP contribution in [-0.4, -0.2) is 0 Å². The van der Waals surface area contributed by atoms with Crippen LogP contribution in [0.5, 0.6) is 0 Å². The summed E-state index contributed by atoms with van der Waals surface area (Å²) in [5, 5.41) is 0. The van der Waals surface area contributed by atoms with Gasteiger partial charge in [0, 0.05) is 0 Å². The Morgan fingerprint density at radius 1 is 0.615 bits per heavy atom. The smallest absolute Gasteiger partial charge is 0.0308 e. The van der Waals surface area contributed by atoms with Gasteiger partial charge in [-0.1, -0.05) is 69.2 Å². The first kappa shape index (κ1) is 18.7. The maximum atomic E-state index is 2.34. The van der Waals surface area contributed by atoms with Crippen molar-refractivity contribution in [2.75, 3.05) is 0 Å². The fourth-order valence-corrected chi connectivity index (χ4v) is 0.667. The Labute approximate surface area is 87.1 Å². The van der Waals surface area contributed by atoms with E-state index in [1.54, 1.807) is 0 Å². The van der Waals surface area contributed by atoms with Crippen molar-refractivity contribution in [3.05, 3.63) is 0 Å². The van der Waals surface area contributed by atoms with Crippen molar-refractivity contribution in [3.8, 4) is 0 Å². The summed E-state index contributed by atoms with van der Waals surface area (Å²) >= 11 is 0. The highest BCUT2D eigenvalue weighted by Gasteiger charge is 2.25. The minimum atomic E-state index is 0.500. The van der Waals surface area contributed by atoms with Crippen LogP contribution in [0.1, 0.15) is 69.2 Å². The van der Waals surface area contributed by atoms with Crippen LogP contribution in [-0.2, 0) is 0 Å². The highest BCUT2D eigenvalue weighted by molar-refractivity contribution is 4.75. The molecule has 0 saturated heterocycles. The normalized spacial score (nSPS) is 10.2. The van der Waals surface area contributed by atoms with E-state index in [1.165, 1.54) is 0 Å². The zero-order valence-corrected chi connectivity index (χ0v) is 11.7. The van der Waals surface area contributed by atoms with Crippen LogP contribution in [0.25, 0.3) is 0 Å². The van der Waals surface area contributed by atoms with E-state index in [0.29, 0.717) is 5.41 Å². The van der Waals surface area contributed by atoms with Gasteiger partial charge in [0.15, 0.2) is 0 Å². The van der Waals surface area contributed by atoms with Crippen molar-refractivity contribution in [2.24, 2.45) is 17.3 Å². The standard InChI is InChI=1S/C9H20.2C2H6/c1-7(2)9(5,6)8(3)4;2*1-2/h7-8H,1-6H3;2*1-2H3. The molecular weight excluding hydrogens is 156 g/mol. The lowest BCUT2D eigenvalue weighted by Gasteiger charge is -2.33. The van der Waals surface area contributed by atoms with E-state index >= 15 is 0 Å². The summed E-state index contributed by atoms with van der Waals surface area (Å²) in [5.41, 5.74) is 0.500. The lowest BCUT2D eigenvalue weighted by Crippen LogP contribution is -2.25. The van der Waals surface area contributed by atoms with Crippen molar-refractivity contribution in [1.82, 2.24) is 0 Å². The molecule has 0 fully saturated rings. The molecule has 0 radical (unpaired) electrons. The summed E-state index contributed by atoms with van der Waals surface area (Å²) in [5.74, 6) is 1.58.